The normalized spacial score (nSPS) is 12.0. The lowest BCUT2D eigenvalue weighted by molar-refractivity contribution is 0.191. The second-order valence-corrected chi connectivity index (χ2v) is 6.48. The predicted octanol–water partition coefficient (Wildman–Crippen LogP) is 1.49. The molecule has 0 fully saturated rings. The molecule has 1 aromatic carbocycles. The maximum atomic E-state index is 12.2. The van der Waals surface area contributed by atoms with Crippen LogP contribution in [0.15, 0.2) is 33.9 Å². The van der Waals surface area contributed by atoms with Gasteiger partial charge >= 0.3 is 5.69 Å². The third-order valence-corrected chi connectivity index (χ3v) is 4.38. The van der Waals surface area contributed by atoms with Gasteiger partial charge in [-0.05, 0) is 19.4 Å². The molecule has 1 heterocycles. The predicted molar refractivity (Wildman–Crippen MR) is 106 cm³/mol. The molecule has 4 N–H and O–H groups in total. The highest BCUT2D eigenvalue weighted by Gasteiger charge is 2.16. The molecule has 0 radical (unpaired) electrons. The highest BCUT2D eigenvalue weighted by molar-refractivity contribution is 5.61. The third-order valence-electron chi connectivity index (χ3n) is 4.38. The molecule has 0 saturated heterocycles. The maximum Gasteiger partial charge on any atom is 0.330 e. The van der Waals surface area contributed by atoms with Crippen LogP contribution in [0.3, 0.4) is 0 Å². The Morgan fingerprint density at radius 1 is 1.33 bits per heavy atom. The van der Waals surface area contributed by atoms with E-state index in [0.29, 0.717) is 24.4 Å². The molecule has 0 aliphatic heterocycles. The number of ether oxygens (including phenoxy) is 1. The Balaban J connectivity index is 2.14. The summed E-state index contributed by atoms with van der Waals surface area (Å²) in [6.45, 7) is 4.81. The zero-order valence-corrected chi connectivity index (χ0v) is 16.1. The van der Waals surface area contributed by atoms with Gasteiger partial charge in [0.2, 0.25) is 0 Å². The van der Waals surface area contributed by atoms with Crippen molar-refractivity contribution in [3.8, 4) is 5.75 Å². The van der Waals surface area contributed by atoms with Gasteiger partial charge in [-0.25, -0.2) is 4.79 Å². The quantitative estimate of drug-likeness (QED) is 0.611. The van der Waals surface area contributed by atoms with Crippen LogP contribution in [0.2, 0.25) is 0 Å². The van der Waals surface area contributed by atoms with E-state index < -0.39 is 17.4 Å². The van der Waals surface area contributed by atoms with Crippen molar-refractivity contribution in [3.63, 3.8) is 0 Å². The number of benzene rings is 1. The third kappa shape index (κ3) is 4.91. The van der Waals surface area contributed by atoms with Crippen LogP contribution >= 0.6 is 0 Å². The number of likely N-dealkylation sites (N-methyl/N-ethyl adjacent to an activating group) is 1. The molecule has 0 bridgehead atoms. The summed E-state index contributed by atoms with van der Waals surface area (Å²) in [6, 6.07) is 7.25. The van der Waals surface area contributed by atoms with Gasteiger partial charge in [-0.3, -0.25) is 14.3 Å². The zero-order chi connectivity index (χ0) is 20.0. The lowest BCUT2D eigenvalue weighted by Gasteiger charge is -2.22. The van der Waals surface area contributed by atoms with Gasteiger partial charge in [0.25, 0.3) is 5.56 Å². The number of aliphatic hydroxyl groups excluding tert-OH is 1. The van der Waals surface area contributed by atoms with Gasteiger partial charge in [-0.1, -0.05) is 31.5 Å². The number of aliphatic hydroxyl groups is 1. The minimum Gasteiger partial charge on any atom is -0.491 e. The topological polar surface area (TPSA) is 114 Å². The van der Waals surface area contributed by atoms with Crippen molar-refractivity contribution >= 4 is 11.5 Å². The van der Waals surface area contributed by atoms with Crippen molar-refractivity contribution in [3.05, 3.63) is 50.7 Å². The lowest BCUT2D eigenvalue weighted by atomic mass is 10.1. The van der Waals surface area contributed by atoms with Gasteiger partial charge < -0.3 is 20.5 Å². The molecule has 8 nitrogen and oxygen atoms in total. The van der Waals surface area contributed by atoms with E-state index in [0.717, 1.165) is 12.8 Å². The van der Waals surface area contributed by atoms with E-state index in [1.807, 2.05) is 19.1 Å². The number of anilines is 2. The molecule has 0 spiro atoms. The maximum absolute atomic E-state index is 12.2. The molecule has 1 atom stereocenters. The second kappa shape index (κ2) is 9.27. The Hall–Kier alpha value is -2.74. The van der Waals surface area contributed by atoms with E-state index in [-0.39, 0.29) is 18.1 Å². The summed E-state index contributed by atoms with van der Waals surface area (Å²) in [7, 11) is 1.72. The molecule has 0 amide bonds. The average Bonchev–Trinajstić information content (AvgIpc) is 2.61. The number of nitrogens with zero attached hydrogens (tertiary/aromatic N) is 2. The van der Waals surface area contributed by atoms with E-state index >= 15 is 0 Å². The van der Waals surface area contributed by atoms with Gasteiger partial charge in [0.05, 0.1) is 12.6 Å². The Labute approximate surface area is 158 Å². The molecule has 0 aliphatic rings. The number of nitrogen functional groups attached to an aromatic ring is 1. The summed E-state index contributed by atoms with van der Waals surface area (Å²) >= 11 is 0. The summed E-state index contributed by atoms with van der Waals surface area (Å²) in [5, 5.41) is 9.81. The number of para-hydroxylation sites is 1. The van der Waals surface area contributed by atoms with Crippen LogP contribution in [0.25, 0.3) is 0 Å². The minimum absolute atomic E-state index is 0.157. The van der Waals surface area contributed by atoms with Crippen LogP contribution < -0.4 is 26.6 Å². The van der Waals surface area contributed by atoms with Crippen molar-refractivity contribution in [1.29, 1.82) is 0 Å². The zero-order valence-electron chi connectivity index (χ0n) is 16.1. The first-order valence-electron chi connectivity index (χ1n) is 9.10. The largest absolute Gasteiger partial charge is 0.491 e. The van der Waals surface area contributed by atoms with Crippen molar-refractivity contribution in [2.75, 3.05) is 30.8 Å². The smallest absolute Gasteiger partial charge is 0.330 e. The number of aromatic amines is 1. The van der Waals surface area contributed by atoms with Crippen molar-refractivity contribution in [2.45, 2.75) is 39.3 Å². The van der Waals surface area contributed by atoms with Crippen molar-refractivity contribution < 1.29 is 9.84 Å². The molecule has 1 aromatic heterocycles. The van der Waals surface area contributed by atoms with E-state index in [2.05, 4.69) is 4.98 Å². The number of unbranched alkanes of at least 4 members (excludes halogenated alkanes) is 1. The van der Waals surface area contributed by atoms with Crippen molar-refractivity contribution in [1.82, 2.24) is 9.55 Å². The number of rotatable bonds is 9. The highest BCUT2D eigenvalue weighted by atomic mass is 16.5. The van der Waals surface area contributed by atoms with E-state index in [1.165, 1.54) is 4.57 Å². The monoisotopic (exact) mass is 376 g/mol. The fourth-order valence-electron chi connectivity index (χ4n) is 2.85. The van der Waals surface area contributed by atoms with Crippen LogP contribution in [0.5, 0.6) is 5.75 Å². The van der Waals surface area contributed by atoms with Crippen LogP contribution in [-0.4, -0.2) is 34.9 Å². The van der Waals surface area contributed by atoms with Gasteiger partial charge in [0.15, 0.2) is 0 Å². The molecule has 0 saturated carbocycles. The molecule has 0 aliphatic carbocycles. The van der Waals surface area contributed by atoms with Gasteiger partial charge in [-0.15, -0.1) is 0 Å². The van der Waals surface area contributed by atoms with E-state index in [4.69, 9.17) is 10.5 Å². The fourth-order valence-corrected chi connectivity index (χ4v) is 2.85. The van der Waals surface area contributed by atoms with E-state index in [9.17, 15) is 14.7 Å². The lowest BCUT2D eigenvalue weighted by Crippen LogP contribution is -2.38. The average molecular weight is 376 g/mol. The van der Waals surface area contributed by atoms with Gasteiger partial charge in [0, 0.05) is 19.2 Å². The SMILES string of the molecule is CCCCn1c(N)c(N(C)CCOc2ccccc2[C@@H](C)O)c(=O)[nH]c1=O. The molecule has 0 unspecified atom stereocenters. The second-order valence-electron chi connectivity index (χ2n) is 6.48. The standard InChI is InChI=1S/C19H28N4O4/c1-4-5-10-23-17(20)16(18(25)21-19(23)26)22(3)11-12-27-15-9-7-6-8-14(15)13(2)24/h6-9,13,24H,4-5,10-12,20H2,1-3H3,(H,21,25,26)/t13-/m1/s1. The van der Waals surface area contributed by atoms with Crippen LogP contribution in [-0.2, 0) is 6.54 Å². The Bertz CT molecular complexity index is 873. The number of hydrogen-bond acceptors (Lipinski definition) is 6. The summed E-state index contributed by atoms with van der Waals surface area (Å²) in [5.74, 6) is 0.750. The first kappa shape index (κ1) is 20.6. The van der Waals surface area contributed by atoms with E-state index in [1.54, 1.807) is 31.0 Å². The molecule has 27 heavy (non-hydrogen) atoms. The first-order chi connectivity index (χ1) is 12.9. The van der Waals surface area contributed by atoms with Gasteiger partial charge in [0.1, 0.15) is 23.9 Å². The number of nitrogens with two attached hydrogens (primary N) is 1. The first-order valence-corrected chi connectivity index (χ1v) is 9.10. The Kier molecular flexibility index (Phi) is 7.06. The molecular weight excluding hydrogens is 348 g/mol. The summed E-state index contributed by atoms with van der Waals surface area (Å²) in [4.78, 5) is 28.2. The minimum atomic E-state index is -0.639. The van der Waals surface area contributed by atoms with Crippen LogP contribution in [0.1, 0.15) is 38.4 Å². The number of aromatic nitrogens is 2. The number of nitrogens with one attached hydrogen (secondary N) is 1. The number of hydrogen-bond donors (Lipinski definition) is 3. The summed E-state index contributed by atoms with van der Waals surface area (Å²) < 4.78 is 7.16. The summed E-state index contributed by atoms with van der Waals surface area (Å²) in [6.07, 6.45) is 1.06. The Morgan fingerprint density at radius 3 is 2.70 bits per heavy atom. The van der Waals surface area contributed by atoms with Crippen LogP contribution in [0, 0.1) is 0 Å². The molecular formula is C19H28N4O4. The van der Waals surface area contributed by atoms with Crippen LogP contribution in [0.4, 0.5) is 11.5 Å². The van der Waals surface area contributed by atoms with Gasteiger partial charge in [-0.2, -0.15) is 0 Å². The highest BCUT2D eigenvalue weighted by Crippen LogP contribution is 2.24. The molecule has 2 rings (SSSR count). The molecule has 8 heteroatoms. The van der Waals surface area contributed by atoms with Crippen molar-refractivity contribution in [2.24, 2.45) is 0 Å². The number of H-pyrrole nitrogens is 1. The fraction of sp³-hybridized carbons (Fsp3) is 0.474. The molecule has 148 valence electrons. The summed E-state index contributed by atoms with van der Waals surface area (Å²) in [5.41, 5.74) is 6.04. The Morgan fingerprint density at radius 2 is 2.04 bits per heavy atom. The molecule has 2 aromatic rings.